The van der Waals surface area contributed by atoms with Gasteiger partial charge in [0.15, 0.2) is 6.29 Å². The number of hydrogen-bond donors (Lipinski definition) is 1. The first-order chi connectivity index (χ1) is 11.2. The van der Waals surface area contributed by atoms with Crippen LogP contribution in [0.25, 0.3) is 10.9 Å². The van der Waals surface area contributed by atoms with Gasteiger partial charge in [0.2, 0.25) is 5.79 Å². The highest BCUT2D eigenvalue weighted by molar-refractivity contribution is 7.11. The van der Waals surface area contributed by atoms with Gasteiger partial charge >= 0.3 is 0 Å². The Morgan fingerprint density at radius 3 is 3.22 bits per heavy atom. The number of rotatable bonds is 4. The summed E-state index contributed by atoms with van der Waals surface area (Å²) < 4.78 is 17.3. The van der Waals surface area contributed by atoms with Crippen LogP contribution in [0.4, 0.5) is 0 Å². The van der Waals surface area contributed by atoms with Gasteiger partial charge in [-0.1, -0.05) is 0 Å². The monoisotopic (exact) mass is 336 g/mol. The van der Waals surface area contributed by atoms with Gasteiger partial charge in [-0.3, -0.25) is 0 Å². The van der Waals surface area contributed by atoms with Gasteiger partial charge in [0, 0.05) is 30.0 Å². The van der Waals surface area contributed by atoms with Crippen LogP contribution in [0, 0.1) is 0 Å². The third kappa shape index (κ3) is 3.12. The quantitative estimate of drug-likeness (QED) is 0.925. The molecule has 23 heavy (non-hydrogen) atoms. The molecule has 7 heteroatoms. The molecule has 3 unspecified atom stereocenters. The molecule has 4 heterocycles. The lowest BCUT2D eigenvalue weighted by atomic mass is 10.1. The Balaban J connectivity index is 1.42. The molecule has 0 saturated carbocycles. The number of nitrogens with zero attached hydrogens (tertiary/aromatic N) is 2. The lowest BCUT2D eigenvalue weighted by molar-refractivity contribution is -0.225. The standard InChI is InChI=1S/C16H20N2O4S/c19-16(15-14-11(9-23-15)7-17-10-18-14)5-4-12(22-16)8-21-13-3-1-2-6-20-13/h7,9-10,12-13,19H,1-6,8H2. The second-order valence-electron chi connectivity index (χ2n) is 6.08. The van der Waals surface area contributed by atoms with E-state index in [-0.39, 0.29) is 12.4 Å². The summed E-state index contributed by atoms with van der Waals surface area (Å²) in [6, 6.07) is 0. The van der Waals surface area contributed by atoms with E-state index in [1.165, 1.54) is 17.7 Å². The maximum absolute atomic E-state index is 10.9. The van der Waals surface area contributed by atoms with Crippen molar-refractivity contribution in [1.82, 2.24) is 9.97 Å². The highest BCUT2D eigenvalue weighted by Crippen LogP contribution is 2.42. The molecule has 4 rings (SSSR count). The van der Waals surface area contributed by atoms with E-state index in [0.717, 1.165) is 48.1 Å². The van der Waals surface area contributed by atoms with Crippen LogP contribution >= 0.6 is 11.3 Å². The first-order valence-corrected chi connectivity index (χ1v) is 8.94. The van der Waals surface area contributed by atoms with E-state index in [1.807, 2.05) is 5.38 Å². The first kappa shape index (κ1) is 15.4. The normalized spacial score (nSPS) is 31.7. The van der Waals surface area contributed by atoms with Crippen LogP contribution in [0.2, 0.25) is 0 Å². The molecule has 124 valence electrons. The average Bonchev–Trinajstić information content (AvgIpc) is 3.18. The molecule has 0 radical (unpaired) electrons. The zero-order valence-corrected chi connectivity index (χ0v) is 13.6. The van der Waals surface area contributed by atoms with E-state index in [2.05, 4.69) is 9.97 Å². The highest BCUT2D eigenvalue weighted by Gasteiger charge is 2.42. The zero-order valence-electron chi connectivity index (χ0n) is 12.8. The fraction of sp³-hybridized carbons (Fsp3) is 0.625. The molecular formula is C16H20N2O4S. The van der Waals surface area contributed by atoms with Crippen molar-refractivity contribution in [3.63, 3.8) is 0 Å². The number of thiophene rings is 1. The summed E-state index contributed by atoms with van der Waals surface area (Å²) >= 11 is 1.46. The molecule has 0 spiro atoms. The van der Waals surface area contributed by atoms with E-state index < -0.39 is 5.79 Å². The fourth-order valence-corrected chi connectivity index (χ4v) is 4.20. The Bertz CT molecular complexity index is 673. The minimum absolute atomic E-state index is 0.121. The van der Waals surface area contributed by atoms with E-state index in [1.54, 1.807) is 6.20 Å². The predicted octanol–water partition coefficient (Wildman–Crippen LogP) is 2.56. The third-order valence-corrected chi connectivity index (χ3v) is 5.51. The van der Waals surface area contributed by atoms with Crippen molar-refractivity contribution < 1.29 is 19.3 Å². The van der Waals surface area contributed by atoms with Crippen molar-refractivity contribution in [3.05, 3.63) is 22.8 Å². The van der Waals surface area contributed by atoms with Crippen molar-refractivity contribution in [2.24, 2.45) is 0 Å². The summed E-state index contributed by atoms with van der Waals surface area (Å²) in [6.07, 6.45) is 7.48. The molecule has 2 saturated heterocycles. The van der Waals surface area contributed by atoms with E-state index in [4.69, 9.17) is 14.2 Å². The number of aliphatic hydroxyl groups is 1. The van der Waals surface area contributed by atoms with E-state index in [9.17, 15) is 5.11 Å². The second-order valence-corrected chi connectivity index (χ2v) is 6.96. The number of fused-ring (bicyclic) bond motifs is 1. The maximum atomic E-state index is 10.9. The first-order valence-electron chi connectivity index (χ1n) is 8.06. The number of hydrogen-bond acceptors (Lipinski definition) is 7. The van der Waals surface area contributed by atoms with Gasteiger partial charge in [-0.2, -0.15) is 0 Å². The maximum Gasteiger partial charge on any atom is 0.204 e. The Kier molecular flexibility index (Phi) is 4.29. The Morgan fingerprint density at radius 2 is 2.35 bits per heavy atom. The van der Waals surface area contributed by atoms with Gasteiger partial charge in [0.25, 0.3) is 0 Å². The van der Waals surface area contributed by atoms with E-state index >= 15 is 0 Å². The van der Waals surface area contributed by atoms with Gasteiger partial charge < -0.3 is 19.3 Å². The molecule has 0 amide bonds. The molecule has 1 N–H and O–H groups in total. The van der Waals surface area contributed by atoms with Crippen molar-refractivity contribution in [2.45, 2.75) is 50.3 Å². The largest absolute Gasteiger partial charge is 0.361 e. The Labute approximate surface area is 138 Å². The van der Waals surface area contributed by atoms with Gasteiger partial charge in [-0.25, -0.2) is 9.97 Å². The summed E-state index contributed by atoms with van der Waals surface area (Å²) in [6.45, 7) is 1.21. The van der Waals surface area contributed by atoms with E-state index in [0.29, 0.717) is 13.0 Å². The number of aromatic nitrogens is 2. The predicted molar refractivity (Wildman–Crippen MR) is 85.0 cm³/mol. The van der Waals surface area contributed by atoms with Gasteiger partial charge in [-0.15, -0.1) is 11.3 Å². The second kappa shape index (κ2) is 6.41. The SMILES string of the molecule is OC1(c2scc3cncnc23)CCC(COC2CCCCO2)O1. The van der Waals surface area contributed by atoms with Gasteiger partial charge in [-0.05, 0) is 25.7 Å². The molecule has 2 fully saturated rings. The molecule has 0 aromatic carbocycles. The highest BCUT2D eigenvalue weighted by atomic mass is 32.1. The Hall–Kier alpha value is -1.12. The molecule has 2 aromatic heterocycles. The van der Waals surface area contributed by atoms with Crippen molar-refractivity contribution in [1.29, 1.82) is 0 Å². The van der Waals surface area contributed by atoms with Crippen molar-refractivity contribution >= 4 is 22.2 Å². The van der Waals surface area contributed by atoms with Crippen LogP contribution in [0.1, 0.15) is 37.0 Å². The van der Waals surface area contributed by atoms with Crippen LogP contribution in [-0.4, -0.2) is 40.7 Å². The van der Waals surface area contributed by atoms with Crippen LogP contribution in [0.3, 0.4) is 0 Å². The van der Waals surface area contributed by atoms with Gasteiger partial charge in [0.1, 0.15) is 6.33 Å². The molecule has 0 bridgehead atoms. The molecule has 2 aliphatic rings. The summed E-state index contributed by atoms with van der Waals surface area (Å²) in [5.74, 6) is -1.28. The smallest absolute Gasteiger partial charge is 0.204 e. The van der Waals surface area contributed by atoms with Crippen molar-refractivity contribution in [2.75, 3.05) is 13.2 Å². The van der Waals surface area contributed by atoms with Gasteiger partial charge in [0.05, 0.1) is 23.1 Å². The fourth-order valence-electron chi connectivity index (χ4n) is 3.16. The molecule has 3 atom stereocenters. The lowest BCUT2D eigenvalue weighted by Crippen LogP contribution is -2.29. The van der Waals surface area contributed by atoms with Crippen LogP contribution in [-0.2, 0) is 20.0 Å². The number of ether oxygens (including phenoxy) is 3. The molecule has 6 nitrogen and oxygen atoms in total. The van der Waals surface area contributed by atoms with Crippen molar-refractivity contribution in [3.8, 4) is 0 Å². The average molecular weight is 336 g/mol. The Morgan fingerprint density at radius 1 is 1.39 bits per heavy atom. The minimum atomic E-state index is -1.28. The zero-order chi connectivity index (χ0) is 15.7. The summed E-state index contributed by atoms with van der Waals surface area (Å²) in [7, 11) is 0. The summed E-state index contributed by atoms with van der Waals surface area (Å²) in [5, 5.41) is 13.8. The van der Waals surface area contributed by atoms with Crippen LogP contribution in [0.15, 0.2) is 17.9 Å². The summed E-state index contributed by atoms with van der Waals surface area (Å²) in [5.41, 5.74) is 0.768. The lowest BCUT2D eigenvalue weighted by Gasteiger charge is -2.25. The third-order valence-electron chi connectivity index (χ3n) is 4.39. The minimum Gasteiger partial charge on any atom is -0.361 e. The molecular weight excluding hydrogens is 316 g/mol. The van der Waals surface area contributed by atoms with Crippen LogP contribution in [0.5, 0.6) is 0 Å². The molecule has 0 aliphatic carbocycles. The summed E-state index contributed by atoms with van der Waals surface area (Å²) in [4.78, 5) is 9.05. The van der Waals surface area contributed by atoms with Crippen LogP contribution < -0.4 is 0 Å². The topological polar surface area (TPSA) is 73.7 Å². The molecule has 2 aliphatic heterocycles. The molecule has 2 aromatic rings.